The standard InChI is InChI=1S/C9H12BrNO4S2/c1-6(9(12)15-2)17(13,14)11-5-8-7(10)3-4-16-8/h3-4,6,11H,5H2,1-2H3. The van der Waals surface area contributed by atoms with Crippen molar-refractivity contribution in [1.29, 1.82) is 0 Å². The Balaban J connectivity index is 2.68. The van der Waals surface area contributed by atoms with Crippen molar-refractivity contribution >= 4 is 43.3 Å². The van der Waals surface area contributed by atoms with Gasteiger partial charge in [0.15, 0.2) is 5.25 Å². The van der Waals surface area contributed by atoms with E-state index in [0.29, 0.717) is 0 Å². The molecule has 0 fully saturated rings. The molecule has 1 heterocycles. The number of methoxy groups -OCH3 is 1. The summed E-state index contributed by atoms with van der Waals surface area (Å²) in [7, 11) is -2.55. The second-order valence-corrected chi connectivity index (χ2v) is 7.16. The number of carbonyl (C=O) groups is 1. The van der Waals surface area contributed by atoms with Crippen LogP contribution in [0, 0.1) is 0 Å². The van der Waals surface area contributed by atoms with Crippen LogP contribution >= 0.6 is 27.3 Å². The second kappa shape index (κ2) is 5.94. The molecule has 0 saturated carbocycles. The van der Waals surface area contributed by atoms with E-state index in [1.807, 2.05) is 11.4 Å². The van der Waals surface area contributed by atoms with Gasteiger partial charge in [0.05, 0.1) is 7.11 Å². The Labute approximate surface area is 112 Å². The fourth-order valence-electron chi connectivity index (χ4n) is 1.04. The Kier molecular flexibility index (Phi) is 5.11. The molecule has 1 rings (SSSR count). The van der Waals surface area contributed by atoms with E-state index >= 15 is 0 Å². The fraction of sp³-hybridized carbons (Fsp3) is 0.444. The fourth-order valence-corrected chi connectivity index (χ4v) is 3.50. The number of nitrogens with one attached hydrogen (secondary N) is 1. The number of ether oxygens (including phenoxy) is 1. The van der Waals surface area contributed by atoms with Gasteiger partial charge in [-0.15, -0.1) is 11.3 Å². The first-order valence-electron chi connectivity index (χ1n) is 4.66. The van der Waals surface area contributed by atoms with Gasteiger partial charge in [0.2, 0.25) is 10.0 Å². The summed E-state index contributed by atoms with van der Waals surface area (Å²) < 4.78 is 31.0. The average molecular weight is 342 g/mol. The third kappa shape index (κ3) is 3.77. The van der Waals surface area contributed by atoms with Crippen molar-refractivity contribution in [2.24, 2.45) is 0 Å². The van der Waals surface area contributed by atoms with Crippen molar-refractivity contribution < 1.29 is 17.9 Å². The number of halogens is 1. The van der Waals surface area contributed by atoms with Crippen LogP contribution in [0.25, 0.3) is 0 Å². The van der Waals surface area contributed by atoms with Crippen LogP contribution in [0.15, 0.2) is 15.9 Å². The highest BCUT2D eigenvalue weighted by atomic mass is 79.9. The summed E-state index contributed by atoms with van der Waals surface area (Å²) in [6, 6.07) is 1.83. The maximum Gasteiger partial charge on any atom is 0.325 e. The van der Waals surface area contributed by atoms with E-state index < -0.39 is 21.2 Å². The molecule has 1 aromatic heterocycles. The predicted molar refractivity (Wildman–Crippen MR) is 69.3 cm³/mol. The number of thiophene rings is 1. The summed E-state index contributed by atoms with van der Waals surface area (Å²) in [6.45, 7) is 1.44. The van der Waals surface area contributed by atoms with Gasteiger partial charge < -0.3 is 4.74 Å². The highest BCUT2D eigenvalue weighted by Crippen LogP contribution is 2.22. The SMILES string of the molecule is COC(=O)C(C)S(=O)(=O)NCc1sccc1Br. The van der Waals surface area contributed by atoms with Gasteiger partial charge in [0, 0.05) is 15.9 Å². The summed E-state index contributed by atoms with van der Waals surface area (Å²) in [6.07, 6.45) is 0. The summed E-state index contributed by atoms with van der Waals surface area (Å²) >= 11 is 4.72. The van der Waals surface area contributed by atoms with Crippen molar-refractivity contribution in [2.75, 3.05) is 7.11 Å². The van der Waals surface area contributed by atoms with Crippen LogP contribution in [0.1, 0.15) is 11.8 Å². The molecule has 0 radical (unpaired) electrons. The predicted octanol–water partition coefficient (Wildman–Crippen LogP) is 1.49. The van der Waals surface area contributed by atoms with Crippen LogP contribution < -0.4 is 4.72 Å². The van der Waals surface area contributed by atoms with Gasteiger partial charge in [-0.2, -0.15) is 0 Å². The lowest BCUT2D eigenvalue weighted by Gasteiger charge is -2.11. The molecule has 0 amide bonds. The van der Waals surface area contributed by atoms with E-state index in [2.05, 4.69) is 25.4 Å². The Morgan fingerprint density at radius 2 is 2.29 bits per heavy atom. The lowest BCUT2D eigenvalue weighted by atomic mass is 10.5. The van der Waals surface area contributed by atoms with Crippen LogP contribution in [0.3, 0.4) is 0 Å². The smallest absolute Gasteiger partial charge is 0.325 e. The largest absolute Gasteiger partial charge is 0.468 e. The summed E-state index contributed by atoms with van der Waals surface area (Å²) in [4.78, 5) is 12.0. The van der Waals surface area contributed by atoms with Crippen molar-refractivity contribution in [3.63, 3.8) is 0 Å². The molecule has 0 bridgehead atoms. The molecule has 1 atom stereocenters. The minimum atomic E-state index is -3.70. The Hall–Kier alpha value is -0.440. The Morgan fingerprint density at radius 3 is 2.76 bits per heavy atom. The Morgan fingerprint density at radius 1 is 1.65 bits per heavy atom. The zero-order valence-electron chi connectivity index (χ0n) is 9.27. The molecule has 0 aromatic carbocycles. The number of sulfonamides is 1. The minimum Gasteiger partial charge on any atom is -0.468 e. The number of hydrogen-bond donors (Lipinski definition) is 1. The minimum absolute atomic E-state index is 0.155. The third-order valence-corrected chi connectivity index (χ3v) is 5.72. The summed E-state index contributed by atoms with van der Waals surface area (Å²) in [5.74, 6) is -0.775. The molecule has 1 unspecified atom stereocenters. The highest BCUT2D eigenvalue weighted by molar-refractivity contribution is 9.10. The van der Waals surface area contributed by atoms with Gasteiger partial charge in [-0.1, -0.05) is 0 Å². The maximum absolute atomic E-state index is 11.7. The molecule has 17 heavy (non-hydrogen) atoms. The molecule has 8 heteroatoms. The van der Waals surface area contributed by atoms with Crippen LogP contribution in [0.5, 0.6) is 0 Å². The zero-order chi connectivity index (χ0) is 13.1. The van der Waals surface area contributed by atoms with E-state index in [4.69, 9.17) is 0 Å². The first-order chi connectivity index (χ1) is 7.88. The van der Waals surface area contributed by atoms with Gasteiger partial charge in [0.25, 0.3) is 0 Å². The number of carbonyl (C=O) groups excluding carboxylic acids is 1. The van der Waals surface area contributed by atoms with Gasteiger partial charge in [-0.05, 0) is 34.3 Å². The monoisotopic (exact) mass is 341 g/mol. The van der Waals surface area contributed by atoms with Crippen LogP contribution in [0.2, 0.25) is 0 Å². The number of rotatable bonds is 5. The maximum atomic E-state index is 11.7. The van der Waals surface area contributed by atoms with Crippen molar-refractivity contribution in [3.05, 3.63) is 20.8 Å². The van der Waals surface area contributed by atoms with Crippen molar-refractivity contribution in [3.8, 4) is 0 Å². The van der Waals surface area contributed by atoms with E-state index in [0.717, 1.165) is 16.5 Å². The molecule has 0 aliphatic carbocycles. The zero-order valence-corrected chi connectivity index (χ0v) is 12.5. The van der Waals surface area contributed by atoms with Crippen molar-refractivity contribution in [1.82, 2.24) is 4.72 Å². The summed E-state index contributed by atoms with van der Waals surface area (Å²) in [5, 5.41) is 0.628. The molecular weight excluding hydrogens is 330 g/mol. The highest BCUT2D eigenvalue weighted by Gasteiger charge is 2.28. The molecule has 0 saturated heterocycles. The van der Waals surface area contributed by atoms with Crippen LogP contribution in [-0.4, -0.2) is 26.7 Å². The second-order valence-electron chi connectivity index (χ2n) is 3.22. The van der Waals surface area contributed by atoms with E-state index in [9.17, 15) is 13.2 Å². The average Bonchev–Trinajstić information content (AvgIpc) is 2.70. The summed E-state index contributed by atoms with van der Waals surface area (Å²) in [5.41, 5.74) is 0. The lowest BCUT2D eigenvalue weighted by Crippen LogP contribution is -2.37. The molecular formula is C9H12BrNO4S2. The lowest BCUT2D eigenvalue weighted by molar-refractivity contribution is -0.139. The van der Waals surface area contributed by atoms with Gasteiger partial charge >= 0.3 is 5.97 Å². The first kappa shape index (κ1) is 14.6. The van der Waals surface area contributed by atoms with E-state index in [1.165, 1.54) is 18.3 Å². The number of hydrogen-bond acceptors (Lipinski definition) is 5. The van der Waals surface area contributed by atoms with E-state index in [-0.39, 0.29) is 6.54 Å². The topological polar surface area (TPSA) is 72.5 Å². The molecule has 0 aliphatic heterocycles. The van der Waals surface area contributed by atoms with Crippen molar-refractivity contribution in [2.45, 2.75) is 18.7 Å². The van der Waals surface area contributed by atoms with Crippen LogP contribution in [0.4, 0.5) is 0 Å². The number of esters is 1. The van der Waals surface area contributed by atoms with Gasteiger partial charge in [-0.3, -0.25) is 4.79 Å². The van der Waals surface area contributed by atoms with E-state index in [1.54, 1.807) is 0 Å². The normalized spacial score (nSPS) is 13.4. The molecule has 0 aliphatic rings. The molecule has 1 aromatic rings. The molecule has 5 nitrogen and oxygen atoms in total. The van der Waals surface area contributed by atoms with Gasteiger partial charge in [-0.25, -0.2) is 13.1 Å². The first-order valence-corrected chi connectivity index (χ1v) is 7.88. The molecule has 1 N–H and O–H groups in total. The Bertz CT molecular complexity index is 497. The molecule has 0 spiro atoms. The van der Waals surface area contributed by atoms with Gasteiger partial charge in [0.1, 0.15) is 0 Å². The van der Waals surface area contributed by atoms with Crippen LogP contribution in [-0.2, 0) is 26.1 Å². The quantitative estimate of drug-likeness (QED) is 0.823. The third-order valence-electron chi connectivity index (χ3n) is 2.12. The molecule has 96 valence electrons.